The third-order valence-corrected chi connectivity index (χ3v) is 5.41. The van der Waals surface area contributed by atoms with E-state index in [4.69, 9.17) is 9.72 Å². The lowest BCUT2D eigenvalue weighted by atomic mass is 10.1. The lowest BCUT2D eigenvalue weighted by Crippen LogP contribution is -2.25. The first-order chi connectivity index (χ1) is 15.5. The second kappa shape index (κ2) is 9.69. The number of nitrogens with zero attached hydrogens (tertiary/aromatic N) is 2. The van der Waals surface area contributed by atoms with Gasteiger partial charge in [0.1, 0.15) is 11.6 Å². The SMILES string of the molecule is Cc1cc(C)cc(OCCCn2c(CNC(=O)c3cccc(C)c3)nc3ccccc32)c1. The van der Waals surface area contributed by atoms with Crippen molar-refractivity contribution in [1.29, 1.82) is 0 Å². The fourth-order valence-corrected chi connectivity index (χ4v) is 3.99. The average Bonchev–Trinajstić information content (AvgIpc) is 3.12. The second-order valence-electron chi connectivity index (χ2n) is 8.25. The fraction of sp³-hybridized carbons (Fsp3) is 0.259. The number of nitrogens with one attached hydrogen (secondary N) is 1. The number of benzene rings is 3. The van der Waals surface area contributed by atoms with Gasteiger partial charge < -0.3 is 14.6 Å². The van der Waals surface area contributed by atoms with Crippen molar-refractivity contribution in [2.75, 3.05) is 6.61 Å². The van der Waals surface area contributed by atoms with Gasteiger partial charge in [0.05, 0.1) is 24.2 Å². The van der Waals surface area contributed by atoms with Gasteiger partial charge in [-0.1, -0.05) is 35.9 Å². The Labute approximate surface area is 189 Å². The number of rotatable bonds is 8. The molecule has 3 aromatic carbocycles. The maximum absolute atomic E-state index is 12.6. The topological polar surface area (TPSA) is 56.1 Å². The van der Waals surface area contributed by atoms with Crippen LogP contribution in [0.4, 0.5) is 0 Å². The number of ether oxygens (including phenoxy) is 1. The van der Waals surface area contributed by atoms with E-state index in [0.29, 0.717) is 18.7 Å². The van der Waals surface area contributed by atoms with Gasteiger partial charge in [0, 0.05) is 12.1 Å². The van der Waals surface area contributed by atoms with Crippen LogP contribution in [0.15, 0.2) is 66.7 Å². The average molecular weight is 428 g/mol. The van der Waals surface area contributed by atoms with Gasteiger partial charge in [-0.3, -0.25) is 4.79 Å². The highest BCUT2D eigenvalue weighted by molar-refractivity contribution is 5.94. The number of hydrogen-bond donors (Lipinski definition) is 1. The third kappa shape index (κ3) is 5.17. The van der Waals surface area contributed by atoms with Gasteiger partial charge in [0.15, 0.2) is 0 Å². The summed E-state index contributed by atoms with van der Waals surface area (Å²) in [6.07, 6.45) is 0.839. The molecular weight excluding hydrogens is 398 g/mol. The van der Waals surface area contributed by atoms with Gasteiger partial charge in [-0.05, 0) is 74.7 Å². The largest absolute Gasteiger partial charge is 0.494 e. The van der Waals surface area contributed by atoms with E-state index in [1.54, 1.807) is 0 Å². The molecule has 1 aromatic heterocycles. The molecule has 0 bridgehead atoms. The molecule has 0 fully saturated rings. The van der Waals surface area contributed by atoms with Crippen molar-refractivity contribution < 1.29 is 9.53 Å². The summed E-state index contributed by atoms with van der Waals surface area (Å²) in [5.74, 6) is 1.66. The molecule has 0 aliphatic carbocycles. The van der Waals surface area contributed by atoms with Crippen molar-refractivity contribution in [1.82, 2.24) is 14.9 Å². The number of hydrogen-bond acceptors (Lipinski definition) is 3. The maximum atomic E-state index is 12.6. The molecule has 0 spiro atoms. The minimum atomic E-state index is -0.0922. The van der Waals surface area contributed by atoms with Crippen LogP contribution in [0.3, 0.4) is 0 Å². The van der Waals surface area contributed by atoms with E-state index in [1.807, 2.05) is 49.4 Å². The van der Waals surface area contributed by atoms with Crippen LogP contribution in [0.1, 0.15) is 39.3 Å². The van der Waals surface area contributed by atoms with Crippen LogP contribution in [-0.4, -0.2) is 22.1 Å². The Morgan fingerprint density at radius 1 is 0.938 bits per heavy atom. The highest BCUT2D eigenvalue weighted by atomic mass is 16.5. The van der Waals surface area contributed by atoms with Crippen molar-refractivity contribution >= 4 is 16.9 Å². The van der Waals surface area contributed by atoms with E-state index in [0.717, 1.165) is 41.1 Å². The van der Waals surface area contributed by atoms with E-state index in [2.05, 4.69) is 48.0 Å². The van der Waals surface area contributed by atoms with E-state index >= 15 is 0 Å². The zero-order chi connectivity index (χ0) is 22.5. The smallest absolute Gasteiger partial charge is 0.251 e. The summed E-state index contributed by atoms with van der Waals surface area (Å²) in [5.41, 5.74) is 6.13. The zero-order valence-corrected chi connectivity index (χ0v) is 18.9. The van der Waals surface area contributed by atoms with E-state index in [1.165, 1.54) is 11.1 Å². The quantitative estimate of drug-likeness (QED) is 0.385. The molecule has 1 heterocycles. The number of amides is 1. The second-order valence-corrected chi connectivity index (χ2v) is 8.25. The first-order valence-corrected chi connectivity index (χ1v) is 11.0. The summed E-state index contributed by atoms with van der Waals surface area (Å²) < 4.78 is 8.16. The number of imidazole rings is 1. The van der Waals surface area contributed by atoms with Crippen LogP contribution in [0.2, 0.25) is 0 Å². The zero-order valence-electron chi connectivity index (χ0n) is 18.9. The van der Waals surface area contributed by atoms with Gasteiger partial charge in [-0.15, -0.1) is 0 Å². The van der Waals surface area contributed by atoms with Gasteiger partial charge >= 0.3 is 0 Å². The normalized spacial score (nSPS) is 11.0. The van der Waals surface area contributed by atoms with Crippen molar-refractivity contribution in [3.05, 3.63) is 94.8 Å². The Balaban J connectivity index is 1.43. The molecule has 0 saturated heterocycles. The van der Waals surface area contributed by atoms with Crippen LogP contribution >= 0.6 is 0 Å². The number of carbonyl (C=O) groups is 1. The molecule has 1 N–H and O–H groups in total. The highest BCUT2D eigenvalue weighted by Gasteiger charge is 2.12. The molecule has 0 atom stereocenters. The van der Waals surface area contributed by atoms with Crippen LogP contribution in [0.25, 0.3) is 11.0 Å². The first kappa shape index (κ1) is 21.6. The standard InChI is InChI=1S/C27H29N3O2/c1-19-8-6-9-22(15-19)27(31)28-18-26-29-24-10-4-5-11-25(24)30(26)12-7-13-32-23-16-20(2)14-21(3)17-23/h4-6,8-11,14-17H,7,12-13,18H2,1-3H3,(H,28,31). The molecule has 32 heavy (non-hydrogen) atoms. The summed E-state index contributed by atoms with van der Waals surface area (Å²) in [6, 6.07) is 21.9. The molecule has 5 nitrogen and oxygen atoms in total. The Morgan fingerprint density at radius 2 is 1.72 bits per heavy atom. The van der Waals surface area contributed by atoms with Crippen LogP contribution in [-0.2, 0) is 13.1 Å². The summed E-state index contributed by atoms with van der Waals surface area (Å²) in [5, 5.41) is 3.02. The van der Waals surface area contributed by atoms with Gasteiger partial charge in [0.2, 0.25) is 0 Å². The Bertz CT molecular complexity index is 1220. The minimum absolute atomic E-state index is 0.0922. The van der Waals surface area contributed by atoms with Gasteiger partial charge in [-0.2, -0.15) is 0 Å². The number of para-hydroxylation sites is 2. The Hall–Kier alpha value is -3.60. The van der Waals surface area contributed by atoms with E-state index in [9.17, 15) is 4.79 Å². The van der Waals surface area contributed by atoms with Crippen LogP contribution < -0.4 is 10.1 Å². The minimum Gasteiger partial charge on any atom is -0.494 e. The Morgan fingerprint density at radius 3 is 2.50 bits per heavy atom. The van der Waals surface area contributed by atoms with Crippen molar-refractivity contribution in [2.24, 2.45) is 0 Å². The van der Waals surface area contributed by atoms with Crippen LogP contribution in [0.5, 0.6) is 5.75 Å². The van der Waals surface area contributed by atoms with Crippen molar-refractivity contribution in [2.45, 2.75) is 40.3 Å². The van der Waals surface area contributed by atoms with Gasteiger partial charge in [0.25, 0.3) is 5.91 Å². The molecule has 0 radical (unpaired) electrons. The van der Waals surface area contributed by atoms with E-state index in [-0.39, 0.29) is 5.91 Å². The molecule has 0 unspecified atom stereocenters. The summed E-state index contributed by atoms with van der Waals surface area (Å²) in [7, 11) is 0. The number of aryl methyl sites for hydroxylation is 4. The molecule has 0 saturated carbocycles. The first-order valence-electron chi connectivity index (χ1n) is 11.0. The molecule has 4 rings (SSSR count). The molecule has 5 heteroatoms. The number of fused-ring (bicyclic) bond motifs is 1. The molecule has 0 aliphatic heterocycles. The molecule has 0 aliphatic rings. The lowest BCUT2D eigenvalue weighted by Gasteiger charge is -2.12. The fourth-order valence-electron chi connectivity index (χ4n) is 3.99. The third-order valence-electron chi connectivity index (χ3n) is 5.41. The molecule has 4 aromatic rings. The van der Waals surface area contributed by atoms with E-state index < -0.39 is 0 Å². The summed E-state index contributed by atoms with van der Waals surface area (Å²) >= 11 is 0. The predicted molar refractivity (Wildman–Crippen MR) is 128 cm³/mol. The van der Waals surface area contributed by atoms with Gasteiger partial charge in [-0.25, -0.2) is 4.98 Å². The Kier molecular flexibility index (Phi) is 6.55. The van der Waals surface area contributed by atoms with Crippen LogP contribution in [0, 0.1) is 20.8 Å². The van der Waals surface area contributed by atoms with Crippen molar-refractivity contribution in [3.63, 3.8) is 0 Å². The monoisotopic (exact) mass is 427 g/mol. The maximum Gasteiger partial charge on any atom is 0.251 e. The molecule has 1 amide bonds. The predicted octanol–water partition coefficient (Wildman–Crippen LogP) is 5.36. The van der Waals surface area contributed by atoms with Crippen molar-refractivity contribution in [3.8, 4) is 5.75 Å². The lowest BCUT2D eigenvalue weighted by molar-refractivity contribution is 0.0949. The number of carbonyl (C=O) groups excluding carboxylic acids is 1. The summed E-state index contributed by atoms with van der Waals surface area (Å²) in [4.78, 5) is 17.4. The summed E-state index contributed by atoms with van der Waals surface area (Å²) in [6.45, 7) is 7.89. The number of aromatic nitrogens is 2. The molecular formula is C27H29N3O2. The highest BCUT2D eigenvalue weighted by Crippen LogP contribution is 2.19. The molecule has 164 valence electrons.